The van der Waals surface area contributed by atoms with E-state index < -0.39 is 17.7 Å². The van der Waals surface area contributed by atoms with Crippen LogP contribution in [-0.2, 0) is 9.53 Å². The highest BCUT2D eigenvalue weighted by Gasteiger charge is 2.32. The minimum absolute atomic E-state index is 0.0663. The molecule has 0 aliphatic carbocycles. The van der Waals surface area contributed by atoms with Crippen molar-refractivity contribution < 1.29 is 19.7 Å². The van der Waals surface area contributed by atoms with E-state index in [2.05, 4.69) is 6.58 Å². The molecule has 0 heterocycles. The standard InChI is InChI=1S/C12H22O4/c1-8(2)10(7-13)6-11(12(4,5)15)16-9(3)14/h10-11,13,15H,1,6-7H2,2-5H3/t10-,11-/m0/s1. The van der Waals surface area contributed by atoms with E-state index in [1.54, 1.807) is 20.8 Å². The molecule has 0 aromatic heterocycles. The molecular weight excluding hydrogens is 208 g/mol. The lowest BCUT2D eigenvalue weighted by Crippen LogP contribution is -2.41. The van der Waals surface area contributed by atoms with E-state index >= 15 is 0 Å². The highest BCUT2D eigenvalue weighted by Crippen LogP contribution is 2.24. The van der Waals surface area contributed by atoms with Crippen molar-refractivity contribution in [3.63, 3.8) is 0 Å². The van der Waals surface area contributed by atoms with Crippen molar-refractivity contribution in [2.75, 3.05) is 6.61 Å². The van der Waals surface area contributed by atoms with Gasteiger partial charge in [0.05, 0.1) is 5.60 Å². The van der Waals surface area contributed by atoms with Crippen LogP contribution < -0.4 is 0 Å². The zero-order valence-electron chi connectivity index (χ0n) is 10.5. The van der Waals surface area contributed by atoms with Crippen LogP contribution in [0.15, 0.2) is 12.2 Å². The van der Waals surface area contributed by atoms with E-state index in [-0.39, 0.29) is 12.5 Å². The van der Waals surface area contributed by atoms with Gasteiger partial charge in [-0.1, -0.05) is 12.2 Å². The summed E-state index contributed by atoms with van der Waals surface area (Å²) in [6, 6.07) is 0. The Labute approximate surface area is 96.9 Å². The number of rotatable bonds is 6. The van der Waals surface area contributed by atoms with Crippen LogP contribution in [0.5, 0.6) is 0 Å². The van der Waals surface area contributed by atoms with Gasteiger partial charge in [-0.15, -0.1) is 0 Å². The van der Waals surface area contributed by atoms with Crippen LogP contribution in [0.2, 0.25) is 0 Å². The van der Waals surface area contributed by atoms with E-state index in [1.807, 2.05) is 0 Å². The summed E-state index contributed by atoms with van der Waals surface area (Å²) in [6.07, 6.45) is -0.270. The summed E-state index contributed by atoms with van der Waals surface area (Å²) in [5.74, 6) is -0.610. The lowest BCUT2D eigenvalue weighted by molar-refractivity contribution is -0.161. The fraction of sp³-hybridized carbons (Fsp3) is 0.750. The van der Waals surface area contributed by atoms with Crippen LogP contribution in [0.3, 0.4) is 0 Å². The maximum atomic E-state index is 10.9. The molecule has 4 heteroatoms. The normalized spacial score (nSPS) is 15.4. The minimum Gasteiger partial charge on any atom is -0.459 e. The Morgan fingerprint density at radius 1 is 1.44 bits per heavy atom. The largest absolute Gasteiger partial charge is 0.459 e. The molecule has 0 saturated heterocycles. The van der Waals surface area contributed by atoms with Gasteiger partial charge in [-0.3, -0.25) is 4.79 Å². The predicted molar refractivity (Wildman–Crippen MR) is 61.9 cm³/mol. The first-order valence-corrected chi connectivity index (χ1v) is 5.34. The molecule has 0 unspecified atom stereocenters. The molecule has 0 spiro atoms. The molecule has 0 aromatic carbocycles. The summed E-state index contributed by atoms with van der Waals surface area (Å²) in [4.78, 5) is 10.9. The molecule has 0 rings (SSSR count). The predicted octanol–water partition coefficient (Wildman–Crippen LogP) is 1.26. The molecule has 0 amide bonds. The molecule has 2 N–H and O–H groups in total. The molecule has 0 aliphatic rings. The van der Waals surface area contributed by atoms with E-state index in [0.29, 0.717) is 6.42 Å². The highest BCUT2D eigenvalue weighted by atomic mass is 16.6. The Balaban J connectivity index is 4.65. The number of hydrogen-bond acceptors (Lipinski definition) is 4. The zero-order valence-corrected chi connectivity index (χ0v) is 10.5. The second-order valence-electron chi connectivity index (χ2n) is 4.71. The summed E-state index contributed by atoms with van der Waals surface area (Å²) in [5.41, 5.74) is -0.321. The lowest BCUT2D eigenvalue weighted by Gasteiger charge is -2.31. The van der Waals surface area contributed by atoms with Crippen LogP contribution in [-0.4, -0.2) is 34.5 Å². The first kappa shape index (κ1) is 15.1. The fourth-order valence-corrected chi connectivity index (χ4v) is 1.37. The van der Waals surface area contributed by atoms with Gasteiger partial charge in [-0.2, -0.15) is 0 Å². The summed E-state index contributed by atoms with van der Waals surface area (Å²) in [5, 5.41) is 19.0. The van der Waals surface area contributed by atoms with Crippen LogP contribution in [0.1, 0.15) is 34.1 Å². The second kappa shape index (κ2) is 6.01. The molecule has 0 aliphatic heterocycles. The first-order chi connectivity index (χ1) is 7.18. The Hall–Kier alpha value is -0.870. The van der Waals surface area contributed by atoms with Gasteiger partial charge in [0.25, 0.3) is 0 Å². The van der Waals surface area contributed by atoms with Crippen molar-refractivity contribution in [3.8, 4) is 0 Å². The Bertz CT molecular complexity index is 252. The molecule has 0 saturated carbocycles. The summed E-state index contributed by atoms with van der Waals surface area (Å²) < 4.78 is 5.06. The molecular formula is C12H22O4. The third-order valence-corrected chi connectivity index (χ3v) is 2.51. The van der Waals surface area contributed by atoms with Gasteiger partial charge < -0.3 is 14.9 Å². The average Bonchev–Trinajstić information content (AvgIpc) is 2.08. The molecule has 0 aromatic rings. The van der Waals surface area contributed by atoms with Crippen LogP contribution in [0.4, 0.5) is 0 Å². The quantitative estimate of drug-likeness (QED) is 0.532. The zero-order chi connectivity index (χ0) is 12.9. The SMILES string of the molecule is C=C(C)[C@H](CO)C[C@H](OC(C)=O)C(C)(C)O. The van der Waals surface area contributed by atoms with Crippen molar-refractivity contribution in [1.29, 1.82) is 0 Å². The molecule has 0 fully saturated rings. The van der Waals surface area contributed by atoms with Gasteiger partial charge in [0, 0.05) is 19.4 Å². The highest BCUT2D eigenvalue weighted by molar-refractivity contribution is 5.66. The van der Waals surface area contributed by atoms with Crippen molar-refractivity contribution >= 4 is 5.97 Å². The third kappa shape index (κ3) is 5.28. The van der Waals surface area contributed by atoms with E-state index in [0.717, 1.165) is 5.57 Å². The fourth-order valence-electron chi connectivity index (χ4n) is 1.37. The van der Waals surface area contributed by atoms with Gasteiger partial charge in [0.15, 0.2) is 0 Å². The third-order valence-electron chi connectivity index (χ3n) is 2.51. The molecule has 2 atom stereocenters. The van der Waals surface area contributed by atoms with Crippen molar-refractivity contribution in [1.82, 2.24) is 0 Å². The average molecular weight is 230 g/mol. The van der Waals surface area contributed by atoms with Crippen molar-refractivity contribution in [2.45, 2.75) is 45.8 Å². The van der Waals surface area contributed by atoms with Gasteiger partial charge in [0.1, 0.15) is 6.10 Å². The molecule has 94 valence electrons. The smallest absolute Gasteiger partial charge is 0.303 e. The number of aliphatic hydroxyl groups is 2. The number of carbonyl (C=O) groups excluding carboxylic acids is 1. The number of carbonyl (C=O) groups is 1. The van der Waals surface area contributed by atoms with Gasteiger partial charge in [-0.05, 0) is 27.2 Å². The van der Waals surface area contributed by atoms with E-state index in [9.17, 15) is 9.90 Å². The maximum absolute atomic E-state index is 10.9. The maximum Gasteiger partial charge on any atom is 0.303 e. The molecule has 0 bridgehead atoms. The first-order valence-electron chi connectivity index (χ1n) is 5.34. The Morgan fingerprint density at radius 3 is 2.19 bits per heavy atom. The minimum atomic E-state index is -1.13. The van der Waals surface area contributed by atoms with Crippen LogP contribution >= 0.6 is 0 Å². The Morgan fingerprint density at radius 2 is 1.94 bits per heavy atom. The van der Waals surface area contributed by atoms with E-state index in [1.165, 1.54) is 6.92 Å². The summed E-state index contributed by atoms with van der Waals surface area (Å²) in [7, 11) is 0. The van der Waals surface area contributed by atoms with Crippen molar-refractivity contribution in [2.24, 2.45) is 5.92 Å². The number of esters is 1. The molecule has 0 radical (unpaired) electrons. The molecule has 4 nitrogen and oxygen atoms in total. The van der Waals surface area contributed by atoms with Crippen molar-refractivity contribution in [3.05, 3.63) is 12.2 Å². The van der Waals surface area contributed by atoms with Gasteiger partial charge in [0.2, 0.25) is 0 Å². The number of ether oxygens (including phenoxy) is 1. The van der Waals surface area contributed by atoms with Gasteiger partial charge in [-0.25, -0.2) is 0 Å². The van der Waals surface area contributed by atoms with Gasteiger partial charge >= 0.3 is 5.97 Å². The van der Waals surface area contributed by atoms with Crippen LogP contribution in [0, 0.1) is 5.92 Å². The lowest BCUT2D eigenvalue weighted by atomic mass is 9.89. The monoisotopic (exact) mass is 230 g/mol. The number of hydrogen-bond donors (Lipinski definition) is 2. The Kier molecular flexibility index (Phi) is 5.68. The summed E-state index contributed by atoms with van der Waals surface area (Å²) >= 11 is 0. The topological polar surface area (TPSA) is 66.8 Å². The molecule has 16 heavy (non-hydrogen) atoms. The van der Waals surface area contributed by atoms with Crippen LogP contribution in [0.25, 0.3) is 0 Å². The second-order valence-corrected chi connectivity index (χ2v) is 4.71. The van der Waals surface area contributed by atoms with E-state index in [4.69, 9.17) is 9.84 Å². The number of aliphatic hydroxyl groups excluding tert-OH is 1. The summed E-state index contributed by atoms with van der Waals surface area (Å²) in [6.45, 7) is 9.95.